The third kappa shape index (κ3) is 3.46. The molecule has 1 saturated heterocycles. The molecule has 0 aromatic rings. The highest BCUT2D eigenvalue weighted by atomic mass is 16.5. The van der Waals surface area contributed by atoms with Gasteiger partial charge < -0.3 is 14.7 Å². The fourth-order valence-electron chi connectivity index (χ4n) is 3.51. The molecule has 0 radical (unpaired) electrons. The molecule has 0 aromatic heterocycles. The summed E-state index contributed by atoms with van der Waals surface area (Å²) in [6, 6.07) is 0.729. The summed E-state index contributed by atoms with van der Waals surface area (Å²) in [4.78, 5) is 2.51. The maximum absolute atomic E-state index is 9.75. The van der Waals surface area contributed by atoms with Crippen molar-refractivity contribution in [2.24, 2.45) is 11.3 Å². The second-order valence-electron chi connectivity index (χ2n) is 6.60. The summed E-state index contributed by atoms with van der Waals surface area (Å²) in [7, 11) is 2.24. The van der Waals surface area contributed by atoms with Gasteiger partial charge in [-0.15, -0.1) is 0 Å². The lowest BCUT2D eigenvalue weighted by Crippen LogP contribution is -2.46. The molecule has 2 fully saturated rings. The molecule has 0 spiro atoms. The Balaban J connectivity index is 1.86. The number of hydrogen-bond donors (Lipinski definition) is 1. The van der Waals surface area contributed by atoms with Crippen LogP contribution in [0.1, 0.15) is 45.4 Å². The van der Waals surface area contributed by atoms with Crippen molar-refractivity contribution in [1.29, 1.82) is 0 Å². The normalized spacial score (nSPS) is 32.7. The zero-order chi connectivity index (χ0) is 13.0. The molecule has 1 saturated carbocycles. The molecule has 3 heteroatoms. The molecule has 3 nitrogen and oxygen atoms in total. The van der Waals surface area contributed by atoms with Gasteiger partial charge >= 0.3 is 0 Å². The van der Waals surface area contributed by atoms with Crippen molar-refractivity contribution in [1.82, 2.24) is 4.90 Å². The van der Waals surface area contributed by atoms with Crippen LogP contribution in [0.2, 0.25) is 0 Å². The molecule has 0 atom stereocenters. The summed E-state index contributed by atoms with van der Waals surface area (Å²) < 4.78 is 5.44. The first-order chi connectivity index (χ1) is 8.65. The smallest absolute Gasteiger partial charge is 0.0501 e. The van der Waals surface area contributed by atoms with Crippen LogP contribution >= 0.6 is 0 Å². The fourth-order valence-corrected chi connectivity index (χ4v) is 3.51. The Bertz CT molecular complexity index is 243. The van der Waals surface area contributed by atoms with E-state index in [0.717, 1.165) is 44.6 Å². The fraction of sp³-hybridized carbons (Fsp3) is 1.00. The maximum atomic E-state index is 9.75. The van der Waals surface area contributed by atoms with E-state index >= 15 is 0 Å². The van der Waals surface area contributed by atoms with Crippen LogP contribution in [0.4, 0.5) is 0 Å². The van der Waals surface area contributed by atoms with Crippen LogP contribution in [-0.4, -0.2) is 49.5 Å². The van der Waals surface area contributed by atoms with Gasteiger partial charge in [0, 0.05) is 31.2 Å². The summed E-state index contributed by atoms with van der Waals surface area (Å²) in [6.07, 6.45) is 7.41. The van der Waals surface area contributed by atoms with Gasteiger partial charge in [0.25, 0.3) is 0 Å². The molecule has 1 N–H and O–H groups in total. The maximum Gasteiger partial charge on any atom is 0.0501 e. The number of hydrogen-bond acceptors (Lipinski definition) is 3. The van der Waals surface area contributed by atoms with Crippen LogP contribution in [0.5, 0.6) is 0 Å². The van der Waals surface area contributed by atoms with E-state index in [0.29, 0.717) is 6.61 Å². The molecule has 0 unspecified atom stereocenters. The minimum Gasteiger partial charge on any atom is -0.396 e. The standard InChI is InChI=1S/C15H29NO2/c1-13-3-5-14(6-4-13)16(2)11-15(12-17)7-9-18-10-8-15/h13-14,17H,3-12H2,1-2H3. The first kappa shape index (κ1) is 14.3. The van der Waals surface area contributed by atoms with Crippen molar-refractivity contribution in [3.8, 4) is 0 Å². The summed E-state index contributed by atoms with van der Waals surface area (Å²) in [5.74, 6) is 0.907. The SMILES string of the molecule is CC1CCC(N(C)CC2(CO)CCOCC2)CC1. The number of aliphatic hydroxyl groups excluding tert-OH is 1. The molecular formula is C15H29NO2. The van der Waals surface area contributed by atoms with E-state index in [1.807, 2.05) is 0 Å². The van der Waals surface area contributed by atoms with Crippen LogP contribution in [-0.2, 0) is 4.74 Å². The molecular weight excluding hydrogens is 226 g/mol. The van der Waals surface area contributed by atoms with E-state index in [-0.39, 0.29) is 5.41 Å². The Morgan fingerprint density at radius 1 is 1.17 bits per heavy atom. The van der Waals surface area contributed by atoms with Gasteiger partial charge in [-0.2, -0.15) is 0 Å². The summed E-state index contributed by atoms with van der Waals surface area (Å²) >= 11 is 0. The minimum atomic E-state index is 0.0933. The second-order valence-corrected chi connectivity index (χ2v) is 6.60. The molecule has 0 aromatic carbocycles. The third-order valence-electron chi connectivity index (χ3n) is 5.08. The molecule has 0 amide bonds. The van der Waals surface area contributed by atoms with Crippen molar-refractivity contribution >= 4 is 0 Å². The van der Waals surface area contributed by atoms with Gasteiger partial charge in [0.1, 0.15) is 0 Å². The monoisotopic (exact) mass is 255 g/mol. The molecule has 1 heterocycles. The van der Waals surface area contributed by atoms with E-state index in [1.54, 1.807) is 0 Å². The lowest BCUT2D eigenvalue weighted by molar-refractivity contribution is -0.0389. The quantitative estimate of drug-likeness (QED) is 0.836. The Morgan fingerprint density at radius 3 is 2.33 bits per heavy atom. The van der Waals surface area contributed by atoms with Crippen LogP contribution in [0, 0.1) is 11.3 Å². The minimum absolute atomic E-state index is 0.0933. The first-order valence-corrected chi connectivity index (χ1v) is 7.54. The molecule has 2 aliphatic rings. The van der Waals surface area contributed by atoms with Crippen molar-refractivity contribution in [2.45, 2.75) is 51.5 Å². The van der Waals surface area contributed by atoms with Gasteiger partial charge in [-0.1, -0.05) is 6.92 Å². The third-order valence-corrected chi connectivity index (χ3v) is 5.08. The Morgan fingerprint density at radius 2 is 1.78 bits per heavy atom. The Kier molecular flexibility index (Phi) is 5.05. The number of nitrogens with zero attached hydrogens (tertiary/aromatic N) is 1. The van der Waals surface area contributed by atoms with E-state index in [1.165, 1.54) is 25.7 Å². The highest BCUT2D eigenvalue weighted by molar-refractivity contribution is 4.87. The Labute approximate surface area is 112 Å². The predicted molar refractivity (Wildman–Crippen MR) is 73.6 cm³/mol. The van der Waals surface area contributed by atoms with Gasteiger partial charge in [-0.3, -0.25) is 0 Å². The molecule has 1 aliphatic heterocycles. The Hall–Kier alpha value is -0.120. The largest absolute Gasteiger partial charge is 0.396 e. The van der Waals surface area contributed by atoms with Gasteiger partial charge in [0.05, 0.1) is 6.61 Å². The highest BCUT2D eigenvalue weighted by Crippen LogP contribution is 2.33. The van der Waals surface area contributed by atoms with Crippen LogP contribution in [0.25, 0.3) is 0 Å². The van der Waals surface area contributed by atoms with E-state index in [9.17, 15) is 5.11 Å². The summed E-state index contributed by atoms with van der Waals surface area (Å²) in [6.45, 7) is 5.34. The second kappa shape index (κ2) is 6.36. The van der Waals surface area contributed by atoms with Gasteiger partial charge in [0.15, 0.2) is 0 Å². The lowest BCUT2D eigenvalue weighted by atomic mass is 9.79. The number of rotatable bonds is 4. The first-order valence-electron chi connectivity index (χ1n) is 7.54. The number of ether oxygens (including phenoxy) is 1. The van der Waals surface area contributed by atoms with Crippen LogP contribution in [0.15, 0.2) is 0 Å². The highest BCUT2D eigenvalue weighted by Gasteiger charge is 2.35. The molecule has 1 aliphatic carbocycles. The van der Waals surface area contributed by atoms with Gasteiger partial charge in [-0.05, 0) is 51.5 Å². The molecule has 0 bridgehead atoms. The van der Waals surface area contributed by atoms with E-state index < -0.39 is 0 Å². The zero-order valence-corrected chi connectivity index (χ0v) is 12.0. The molecule has 2 rings (SSSR count). The average molecular weight is 255 g/mol. The molecule has 106 valence electrons. The van der Waals surface area contributed by atoms with Crippen molar-refractivity contribution in [3.05, 3.63) is 0 Å². The van der Waals surface area contributed by atoms with Crippen LogP contribution in [0.3, 0.4) is 0 Å². The zero-order valence-electron chi connectivity index (χ0n) is 12.0. The average Bonchev–Trinajstić information content (AvgIpc) is 2.40. The van der Waals surface area contributed by atoms with Crippen molar-refractivity contribution < 1.29 is 9.84 Å². The molecule has 18 heavy (non-hydrogen) atoms. The van der Waals surface area contributed by atoms with Crippen LogP contribution < -0.4 is 0 Å². The number of aliphatic hydroxyl groups is 1. The van der Waals surface area contributed by atoms with Crippen molar-refractivity contribution in [2.75, 3.05) is 33.4 Å². The summed E-state index contributed by atoms with van der Waals surface area (Å²) in [5.41, 5.74) is 0.0933. The lowest BCUT2D eigenvalue weighted by Gasteiger charge is -2.42. The van der Waals surface area contributed by atoms with Gasteiger partial charge in [-0.25, -0.2) is 0 Å². The topological polar surface area (TPSA) is 32.7 Å². The van der Waals surface area contributed by atoms with E-state index in [2.05, 4.69) is 18.9 Å². The predicted octanol–water partition coefficient (Wildman–Crippen LogP) is 2.29. The summed E-state index contributed by atoms with van der Waals surface area (Å²) in [5, 5.41) is 9.75. The van der Waals surface area contributed by atoms with E-state index in [4.69, 9.17) is 4.74 Å². The van der Waals surface area contributed by atoms with Gasteiger partial charge in [0.2, 0.25) is 0 Å². The van der Waals surface area contributed by atoms with Crippen molar-refractivity contribution in [3.63, 3.8) is 0 Å².